The van der Waals surface area contributed by atoms with E-state index < -0.39 is 0 Å². The number of carbonyl (C=O) groups is 1. The van der Waals surface area contributed by atoms with Crippen LogP contribution in [0.25, 0.3) is 11.2 Å². The lowest BCUT2D eigenvalue weighted by Gasteiger charge is -2.22. The molecule has 0 radical (unpaired) electrons. The zero-order valence-electron chi connectivity index (χ0n) is 15.1. The Kier molecular flexibility index (Phi) is 4.88. The summed E-state index contributed by atoms with van der Waals surface area (Å²) in [6.45, 7) is 8.46. The molecule has 1 atom stereocenters. The molecule has 0 aliphatic heterocycles. The maximum absolute atomic E-state index is 12.5. The Hall–Kier alpha value is -2.63. The first-order chi connectivity index (χ1) is 12.0. The van der Waals surface area contributed by atoms with Gasteiger partial charge in [-0.15, -0.1) is 0 Å². The lowest BCUT2D eigenvalue weighted by Crippen LogP contribution is -2.31. The number of hydrogen-bond acceptors (Lipinski definition) is 4. The summed E-state index contributed by atoms with van der Waals surface area (Å²) in [6, 6.07) is 7.17. The highest BCUT2D eigenvalue weighted by molar-refractivity contribution is 5.91. The van der Waals surface area contributed by atoms with E-state index in [1.165, 1.54) is 6.26 Å². The molecule has 0 fully saturated rings. The van der Waals surface area contributed by atoms with E-state index in [1.807, 2.05) is 12.1 Å². The average Bonchev–Trinajstić information content (AvgIpc) is 3.21. The van der Waals surface area contributed by atoms with Crippen molar-refractivity contribution in [3.8, 4) is 0 Å². The van der Waals surface area contributed by atoms with Gasteiger partial charge in [0.1, 0.15) is 11.3 Å². The van der Waals surface area contributed by atoms with Crippen LogP contribution in [0.2, 0.25) is 0 Å². The fraction of sp³-hybridized carbons (Fsp3) is 0.421. The van der Waals surface area contributed by atoms with E-state index in [2.05, 4.69) is 42.6 Å². The van der Waals surface area contributed by atoms with Crippen molar-refractivity contribution in [1.29, 1.82) is 0 Å². The van der Waals surface area contributed by atoms with Gasteiger partial charge >= 0.3 is 0 Å². The van der Waals surface area contributed by atoms with Crippen LogP contribution >= 0.6 is 0 Å². The van der Waals surface area contributed by atoms with Gasteiger partial charge in [-0.05, 0) is 50.5 Å². The number of nitrogens with one attached hydrogen (secondary N) is 1. The summed E-state index contributed by atoms with van der Waals surface area (Å²) in [4.78, 5) is 21.8. The molecule has 132 valence electrons. The number of imidazole rings is 1. The zero-order valence-corrected chi connectivity index (χ0v) is 15.1. The summed E-state index contributed by atoms with van der Waals surface area (Å²) in [7, 11) is 0. The minimum Gasteiger partial charge on any atom is -0.459 e. The third-order valence-electron chi connectivity index (χ3n) is 4.06. The van der Waals surface area contributed by atoms with Crippen LogP contribution in [0.4, 0.5) is 0 Å². The van der Waals surface area contributed by atoms with Gasteiger partial charge in [0, 0.05) is 12.2 Å². The highest BCUT2D eigenvalue weighted by atomic mass is 16.3. The lowest BCUT2D eigenvalue weighted by molar-refractivity contribution is 0.0900. The van der Waals surface area contributed by atoms with Crippen LogP contribution in [-0.2, 0) is 0 Å². The molecule has 25 heavy (non-hydrogen) atoms. The average molecular weight is 340 g/mol. The number of furan rings is 1. The summed E-state index contributed by atoms with van der Waals surface area (Å²) in [5.74, 6) is 1.30. The molecule has 3 aromatic rings. The number of amides is 1. The minimum atomic E-state index is -0.231. The first-order valence-electron chi connectivity index (χ1n) is 8.64. The highest BCUT2D eigenvalue weighted by Crippen LogP contribution is 2.27. The number of rotatable bonds is 6. The third kappa shape index (κ3) is 3.57. The number of hydrogen-bond donors (Lipinski definition) is 1. The lowest BCUT2D eigenvalue weighted by atomic mass is 10.0. The number of nitrogens with zero attached hydrogens (tertiary/aromatic N) is 3. The van der Waals surface area contributed by atoms with Crippen molar-refractivity contribution in [3.05, 3.63) is 48.3 Å². The summed E-state index contributed by atoms with van der Waals surface area (Å²) in [6.07, 6.45) is 4.05. The van der Waals surface area contributed by atoms with E-state index in [9.17, 15) is 4.79 Å². The molecule has 6 heteroatoms. The van der Waals surface area contributed by atoms with Crippen molar-refractivity contribution in [2.75, 3.05) is 0 Å². The molecule has 0 bridgehead atoms. The smallest absolute Gasteiger partial charge is 0.287 e. The molecule has 0 aromatic carbocycles. The van der Waals surface area contributed by atoms with E-state index in [1.54, 1.807) is 18.3 Å². The van der Waals surface area contributed by atoms with Crippen molar-refractivity contribution in [3.63, 3.8) is 0 Å². The van der Waals surface area contributed by atoms with E-state index in [0.717, 1.165) is 23.4 Å². The summed E-state index contributed by atoms with van der Waals surface area (Å²) >= 11 is 0. The Morgan fingerprint density at radius 3 is 2.68 bits per heavy atom. The van der Waals surface area contributed by atoms with Crippen LogP contribution < -0.4 is 5.32 Å². The van der Waals surface area contributed by atoms with Crippen LogP contribution in [0.15, 0.2) is 41.1 Å². The molecule has 0 saturated heterocycles. The first kappa shape index (κ1) is 17.2. The van der Waals surface area contributed by atoms with Crippen LogP contribution in [0.1, 0.15) is 62.6 Å². The van der Waals surface area contributed by atoms with Crippen LogP contribution in [0.5, 0.6) is 0 Å². The molecule has 0 aliphatic carbocycles. The molecule has 3 aromatic heterocycles. The van der Waals surface area contributed by atoms with Gasteiger partial charge in [0.25, 0.3) is 5.91 Å². The maximum Gasteiger partial charge on any atom is 0.287 e. The molecule has 3 rings (SSSR count). The van der Waals surface area contributed by atoms with E-state index in [0.29, 0.717) is 11.7 Å². The molecular formula is C19H24N4O2. The first-order valence-corrected chi connectivity index (χ1v) is 8.64. The fourth-order valence-corrected chi connectivity index (χ4v) is 3.04. The van der Waals surface area contributed by atoms with Gasteiger partial charge in [-0.2, -0.15) is 0 Å². The van der Waals surface area contributed by atoms with Gasteiger partial charge in [-0.1, -0.05) is 13.8 Å². The second-order valence-electron chi connectivity index (χ2n) is 6.91. The van der Waals surface area contributed by atoms with E-state index in [-0.39, 0.29) is 18.0 Å². The number of pyridine rings is 1. The number of carbonyl (C=O) groups excluding carboxylic acids is 1. The summed E-state index contributed by atoms with van der Waals surface area (Å²) < 4.78 is 7.32. The maximum atomic E-state index is 12.5. The van der Waals surface area contributed by atoms with Crippen molar-refractivity contribution in [2.24, 2.45) is 5.92 Å². The summed E-state index contributed by atoms with van der Waals surface area (Å²) in [5.41, 5.74) is 1.68. The molecular weight excluding hydrogens is 316 g/mol. The van der Waals surface area contributed by atoms with Crippen molar-refractivity contribution in [2.45, 2.75) is 46.2 Å². The van der Waals surface area contributed by atoms with Crippen LogP contribution in [0, 0.1) is 5.92 Å². The Morgan fingerprint density at radius 2 is 2.04 bits per heavy atom. The molecule has 0 unspecified atom stereocenters. The van der Waals surface area contributed by atoms with Gasteiger partial charge in [-0.3, -0.25) is 4.79 Å². The van der Waals surface area contributed by atoms with Crippen molar-refractivity contribution >= 4 is 17.1 Å². The third-order valence-corrected chi connectivity index (χ3v) is 4.06. The normalized spacial score (nSPS) is 12.9. The van der Waals surface area contributed by atoms with Crippen molar-refractivity contribution in [1.82, 2.24) is 19.9 Å². The quantitative estimate of drug-likeness (QED) is 0.732. The largest absolute Gasteiger partial charge is 0.459 e. The Bertz CT molecular complexity index is 850. The van der Waals surface area contributed by atoms with Gasteiger partial charge in [-0.25, -0.2) is 9.97 Å². The minimum absolute atomic E-state index is 0.185. The van der Waals surface area contributed by atoms with Crippen molar-refractivity contribution < 1.29 is 9.21 Å². The Labute approximate surface area is 147 Å². The van der Waals surface area contributed by atoms with E-state index >= 15 is 0 Å². The highest BCUT2D eigenvalue weighted by Gasteiger charge is 2.25. The molecule has 0 spiro atoms. The van der Waals surface area contributed by atoms with Gasteiger partial charge in [0.2, 0.25) is 0 Å². The molecule has 6 nitrogen and oxygen atoms in total. The topological polar surface area (TPSA) is 73.0 Å². The fourth-order valence-electron chi connectivity index (χ4n) is 3.04. The second kappa shape index (κ2) is 7.09. The second-order valence-corrected chi connectivity index (χ2v) is 6.91. The van der Waals surface area contributed by atoms with Gasteiger partial charge in [0.15, 0.2) is 11.4 Å². The predicted octanol–water partition coefficient (Wildman–Crippen LogP) is 4.12. The molecule has 1 N–H and O–H groups in total. The number of aromatic nitrogens is 3. The monoisotopic (exact) mass is 340 g/mol. The predicted molar refractivity (Wildman–Crippen MR) is 96.3 cm³/mol. The molecule has 3 heterocycles. The van der Waals surface area contributed by atoms with Crippen LogP contribution in [0.3, 0.4) is 0 Å². The SMILES string of the molecule is CC(C)C[C@H](NC(=O)c1ccco1)c1nc2cccnc2n1C(C)C. The molecule has 0 saturated carbocycles. The summed E-state index contributed by atoms with van der Waals surface area (Å²) in [5, 5.41) is 3.08. The van der Waals surface area contributed by atoms with E-state index in [4.69, 9.17) is 9.40 Å². The number of fused-ring (bicyclic) bond motifs is 1. The van der Waals surface area contributed by atoms with Gasteiger partial charge in [0.05, 0.1) is 12.3 Å². The molecule has 0 aliphatic rings. The Morgan fingerprint density at radius 1 is 1.24 bits per heavy atom. The molecule has 1 amide bonds. The van der Waals surface area contributed by atoms with Gasteiger partial charge < -0.3 is 14.3 Å². The zero-order chi connectivity index (χ0) is 18.0. The Balaban J connectivity index is 2.02. The van der Waals surface area contributed by atoms with Crippen LogP contribution in [-0.4, -0.2) is 20.4 Å². The standard InChI is InChI=1S/C19H24N4O2/c1-12(2)11-15(22-19(24)16-8-6-10-25-16)18-21-14-7-5-9-20-17(14)23(18)13(3)4/h5-10,12-13,15H,11H2,1-4H3,(H,22,24)/t15-/m0/s1.